The Morgan fingerprint density at radius 2 is 2.41 bits per heavy atom. The van der Waals surface area contributed by atoms with Crippen molar-refractivity contribution in [1.82, 2.24) is 15.2 Å². The van der Waals surface area contributed by atoms with E-state index in [0.717, 1.165) is 31.4 Å². The molecule has 0 aromatic carbocycles. The van der Waals surface area contributed by atoms with Gasteiger partial charge in [0.1, 0.15) is 0 Å². The SMILES string of the molecule is CNC1CCCCN(Cc2cccnc2)C1=O. The highest BCUT2D eigenvalue weighted by atomic mass is 16.2. The van der Waals surface area contributed by atoms with E-state index in [0.29, 0.717) is 6.54 Å². The summed E-state index contributed by atoms with van der Waals surface area (Å²) in [7, 11) is 1.86. The predicted octanol–water partition coefficient (Wildman–Crippen LogP) is 1.18. The Bertz CT molecular complexity index is 366. The summed E-state index contributed by atoms with van der Waals surface area (Å²) < 4.78 is 0. The lowest BCUT2D eigenvalue weighted by molar-refractivity contribution is -0.133. The van der Waals surface area contributed by atoms with Crippen molar-refractivity contribution in [2.24, 2.45) is 0 Å². The van der Waals surface area contributed by atoms with Crippen LogP contribution in [0.3, 0.4) is 0 Å². The van der Waals surface area contributed by atoms with Gasteiger partial charge in [-0.2, -0.15) is 0 Å². The summed E-state index contributed by atoms with van der Waals surface area (Å²) in [5.74, 6) is 0.217. The number of likely N-dealkylation sites (N-methyl/N-ethyl adjacent to an activating group) is 1. The Balaban J connectivity index is 2.06. The van der Waals surface area contributed by atoms with E-state index in [-0.39, 0.29) is 11.9 Å². The van der Waals surface area contributed by atoms with Crippen molar-refractivity contribution in [3.8, 4) is 0 Å². The molecule has 0 saturated carbocycles. The molecule has 1 aliphatic heterocycles. The Hall–Kier alpha value is -1.42. The average Bonchev–Trinajstić information content (AvgIpc) is 2.54. The Kier molecular flexibility index (Phi) is 4.09. The second kappa shape index (κ2) is 5.77. The lowest BCUT2D eigenvalue weighted by Gasteiger charge is -2.24. The van der Waals surface area contributed by atoms with Crippen LogP contribution >= 0.6 is 0 Å². The maximum Gasteiger partial charge on any atom is 0.239 e. The van der Waals surface area contributed by atoms with Gasteiger partial charge in [-0.1, -0.05) is 6.07 Å². The minimum atomic E-state index is -0.0193. The van der Waals surface area contributed by atoms with Crippen molar-refractivity contribution < 1.29 is 4.79 Å². The first-order valence-electron chi connectivity index (χ1n) is 6.16. The van der Waals surface area contributed by atoms with Gasteiger partial charge in [-0.05, 0) is 37.9 Å². The molecule has 1 saturated heterocycles. The van der Waals surface area contributed by atoms with E-state index in [2.05, 4.69) is 10.3 Å². The smallest absolute Gasteiger partial charge is 0.239 e. The molecule has 1 amide bonds. The molecule has 1 aliphatic rings. The van der Waals surface area contributed by atoms with Gasteiger partial charge in [-0.25, -0.2) is 0 Å². The van der Waals surface area contributed by atoms with E-state index in [1.165, 1.54) is 0 Å². The van der Waals surface area contributed by atoms with Crippen molar-refractivity contribution in [3.05, 3.63) is 30.1 Å². The van der Waals surface area contributed by atoms with Crippen LogP contribution in [-0.2, 0) is 11.3 Å². The number of nitrogens with one attached hydrogen (secondary N) is 1. The van der Waals surface area contributed by atoms with E-state index in [9.17, 15) is 4.79 Å². The van der Waals surface area contributed by atoms with Crippen LogP contribution in [0, 0.1) is 0 Å². The van der Waals surface area contributed by atoms with Gasteiger partial charge < -0.3 is 10.2 Å². The molecular weight excluding hydrogens is 214 g/mol. The van der Waals surface area contributed by atoms with E-state index in [1.807, 2.05) is 30.3 Å². The summed E-state index contributed by atoms with van der Waals surface area (Å²) in [6.07, 6.45) is 6.72. The van der Waals surface area contributed by atoms with Crippen LogP contribution < -0.4 is 5.32 Å². The van der Waals surface area contributed by atoms with Gasteiger partial charge in [0.05, 0.1) is 6.04 Å². The molecule has 4 heteroatoms. The Labute approximate surface area is 102 Å². The third kappa shape index (κ3) is 3.03. The van der Waals surface area contributed by atoms with Gasteiger partial charge in [0, 0.05) is 25.5 Å². The number of pyridine rings is 1. The van der Waals surface area contributed by atoms with Crippen molar-refractivity contribution in [2.45, 2.75) is 31.8 Å². The van der Waals surface area contributed by atoms with E-state index in [1.54, 1.807) is 6.20 Å². The molecule has 0 spiro atoms. The first-order chi connectivity index (χ1) is 8.31. The topological polar surface area (TPSA) is 45.2 Å². The molecule has 1 unspecified atom stereocenters. The van der Waals surface area contributed by atoms with Crippen LogP contribution in [0.15, 0.2) is 24.5 Å². The molecule has 0 bridgehead atoms. The molecule has 1 atom stereocenters. The van der Waals surface area contributed by atoms with Crippen LogP contribution in [0.5, 0.6) is 0 Å². The van der Waals surface area contributed by atoms with Crippen LogP contribution in [-0.4, -0.2) is 35.4 Å². The highest BCUT2D eigenvalue weighted by Gasteiger charge is 2.25. The lowest BCUT2D eigenvalue weighted by atomic mass is 10.1. The summed E-state index contributed by atoms with van der Waals surface area (Å²) in [6, 6.07) is 3.90. The van der Waals surface area contributed by atoms with Gasteiger partial charge in [-0.15, -0.1) is 0 Å². The van der Waals surface area contributed by atoms with Crippen LogP contribution in [0.2, 0.25) is 0 Å². The second-order valence-corrected chi connectivity index (χ2v) is 4.46. The fourth-order valence-corrected chi connectivity index (χ4v) is 2.24. The van der Waals surface area contributed by atoms with Gasteiger partial charge in [0.15, 0.2) is 0 Å². The normalized spacial score (nSPS) is 21.4. The number of rotatable bonds is 3. The minimum absolute atomic E-state index is 0.0193. The molecule has 1 aromatic heterocycles. The average molecular weight is 233 g/mol. The fraction of sp³-hybridized carbons (Fsp3) is 0.538. The van der Waals surface area contributed by atoms with Crippen molar-refractivity contribution in [2.75, 3.05) is 13.6 Å². The van der Waals surface area contributed by atoms with Gasteiger partial charge in [0.2, 0.25) is 5.91 Å². The first kappa shape index (κ1) is 12.0. The number of carbonyl (C=O) groups excluding carboxylic acids is 1. The van der Waals surface area contributed by atoms with Crippen molar-refractivity contribution in [3.63, 3.8) is 0 Å². The Morgan fingerprint density at radius 1 is 1.53 bits per heavy atom. The molecule has 1 N–H and O–H groups in total. The van der Waals surface area contributed by atoms with E-state index >= 15 is 0 Å². The van der Waals surface area contributed by atoms with Crippen LogP contribution in [0.1, 0.15) is 24.8 Å². The third-order valence-corrected chi connectivity index (χ3v) is 3.23. The third-order valence-electron chi connectivity index (χ3n) is 3.23. The monoisotopic (exact) mass is 233 g/mol. The van der Waals surface area contributed by atoms with Crippen molar-refractivity contribution in [1.29, 1.82) is 0 Å². The van der Waals surface area contributed by atoms with Gasteiger partial charge in [-0.3, -0.25) is 9.78 Å². The Morgan fingerprint density at radius 3 is 3.12 bits per heavy atom. The van der Waals surface area contributed by atoms with Crippen LogP contribution in [0.25, 0.3) is 0 Å². The minimum Gasteiger partial charge on any atom is -0.337 e. The zero-order valence-electron chi connectivity index (χ0n) is 10.2. The summed E-state index contributed by atoms with van der Waals surface area (Å²) in [4.78, 5) is 18.2. The molecule has 92 valence electrons. The number of hydrogen-bond acceptors (Lipinski definition) is 3. The number of carbonyl (C=O) groups is 1. The predicted molar refractivity (Wildman–Crippen MR) is 66.4 cm³/mol. The van der Waals surface area contributed by atoms with Gasteiger partial charge >= 0.3 is 0 Å². The summed E-state index contributed by atoms with van der Waals surface area (Å²) in [6.45, 7) is 1.52. The maximum absolute atomic E-state index is 12.2. The number of likely N-dealkylation sites (tertiary alicyclic amines) is 1. The zero-order valence-corrected chi connectivity index (χ0v) is 10.2. The number of amides is 1. The largest absolute Gasteiger partial charge is 0.337 e. The number of nitrogens with zero attached hydrogens (tertiary/aromatic N) is 2. The number of hydrogen-bond donors (Lipinski definition) is 1. The summed E-state index contributed by atoms with van der Waals surface area (Å²) >= 11 is 0. The molecule has 1 fully saturated rings. The highest BCUT2D eigenvalue weighted by Crippen LogP contribution is 2.14. The molecular formula is C13H19N3O. The highest BCUT2D eigenvalue weighted by molar-refractivity contribution is 5.82. The molecule has 0 aliphatic carbocycles. The standard InChI is InChI=1S/C13H19N3O/c1-14-12-6-2-3-8-16(13(12)17)10-11-5-4-7-15-9-11/h4-5,7,9,12,14H,2-3,6,8,10H2,1H3. The van der Waals surface area contributed by atoms with Gasteiger partial charge in [0.25, 0.3) is 0 Å². The molecule has 2 heterocycles. The molecule has 2 rings (SSSR count). The number of aromatic nitrogens is 1. The zero-order chi connectivity index (χ0) is 12.1. The second-order valence-electron chi connectivity index (χ2n) is 4.46. The van der Waals surface area contributed by atoms with E-state index in [4.69, 9.17) is 0 Å². The summed E-state index contributed by atoms with van der Waals surface area (Å²) in [5, 5.41) is 3.10. The summed E-state index contributed by atoms with van der Waals surface area (Å²) in [5.41, 5.74) is 1.10. The van der Waals surface area contributed by atoms with Crippen molar-refractivity contribution >= 4 is 5.91 Å². The first-order valence-corrected chi connectivity index (χ1v) is 6.16. The quantitative estimate of drug-likeness (QED) is 0.852. The molecule has 0 radical (unpaired) electrons. The fourth-order valence-electron chi connectivity index (χ4n) is 2.24. The maximum atomic E-state index is 12.2. The molecule has 17 heavy (non-hydrogen) atoms. The molecule has 4 nitrogen and oxygen atoms in total. The lowest BCUT2D eigenvalue weighted by Crippen LogP contribution is -2.43. The van der Waals surface area contributed by atoms with E-state index < -0.39 is 0 Å². The van der Waals surface area contributed by atoms with Crippen LogP contribution in [0.4, 0.5) is 0 Å². The molecule has 1 aromatic rings.